The van der Waals surface area contributed by atoms with Crippen LogP contribution in [0.4, 0.5) is 0 Å². The van der Waals surface area contributed by atoms with Crippen molar-refractivity contribution < 1.29 is 0 Å². The molecule has 0 amide bonds. The topological polar surface area (TPSA) is 12.0 Å². The van der Waals surface area contributed by atoms with Gasteiger partial charge in [0.2, 0.25) is 0 Å². The van der Waals surface area contributed by atoms with Crippen LogP contribution < -0.4 is 5.32 Å². The van der Waals surface area contributed by atoms with Crippen LogP contribution in [0.1, 0.15) is 50.0 Å². The van der Waals surface area contributed by atoms with Crippen molar-refractivity contribution in [3.05, 3.63) is 35.9 Å². The average molecular weight is 215 g/mol. The van der Waals surface area contributed by atoms with Gasteiger partial charge in [-0.2, -0.15) is 0 Å². The quantitative estimate of drug-likeness (QED) is 0.814. The maximum absolute atomic E-state index is 3.84. The second-order valence-corrected chi connectivity index (χ2v) is 5.35. The van der Waals surface area contributed by atoms with E-state index in [1.807, 2.05) is 0 Å². The van der Waals surface area contributed by atoms with E-state index in [9.17, 15) is 0 Å². The van der Waals surface area contributed by atoms with Gasteiger partial charge in [0.25, 0.3) is 0 Å². The molecule has 2 aliphatic rings. The van der Waals surface area contributed by atoms with Gasteiger partial charge in [-0.15, -0.1) is 0 Å². The molecule has 1 heteroatoms. The van der Waals surface area contributed by atoms with Gasteiger partial charge in [-0.05, 0) is 37.2 Å². The largest absolute Gasteiger partial charge is 0.311 e. The van der Waals surface area contributed by atoms with E-state index in [2.05, 4.69) is 35.6 Å². The Labute approximate surface area is 98.3 Å². The summed E-state index contributed by atoms with van der Waals surface area (Å²) in [5.41, 5.74) is 1.54. The van der Waals surface area contributed by atoms with Crippen LogP contribution in [0.15, 0.2) is 30.3 Å². The minimum Gasteiger partial charge on any atom is -0.311 e. The second-order valence-electron chi connectivity index (χ2n) is 5.35. The fourth-order valence-corrected chi connectivity index (χ4v) is 2.98. The van der Waals surface area contributed by atoms with Crippen LogP contribution in [0.5, 0.6) is 0 Å². The van der Waals surface area contributed by atoms with Crippen LogP contribution in [0.3, 0.4) is 0 Å². The first-order chi connectivity index (χ1) is 7.93. The highest BCUT2D eigenvalue weighted by Crippen LogP contribution is 2.35. The molecule has 0 unspecified atom stereocenters. The summed E-state index contributed by atoms with van der Waals surface area (Å²) in [5, 5.41) is 3.84. The first-order valence-electron chi connectivity index (χ1n) is 6.74. The fraction of sp³-hybridized carbons (Fsp3) is 0.600. The van der Waals surface area contributed by atoms with Crippen LogP contribution in [-0.4, -0.2) is 12.1 Å². The third kappa shape index (κ3) is 2.30. The summed E-state index contributed by atoms with van der Waals surface area (Å²) >= 11 is 0. The molecular weight excluding hydrogens is 194 g/mol. The van der Waals surface area contributed by atoms with E-state index >= 15 is 0 Å². The Morgan fingerprint density at radius 2 is 1.62 bits per heavy atom. The van der Waals surface area contributed by atoms with Crippen molar-refractivity contribution in [2.24, 2.45) is 0 Å². The van der Waals surface area contributed by atoms with Crippen molar-refractivity contribution in [3.63, 3.8) is 0 Å². The maximum atomic E-state index is 3.84. The van der Waals surface area contributed by atoms with Crippen molar-refractivity contribution >= 4 is 0 Å². The van der Waals surface area contributed by atoms with Crippen LogP contribution in [0.2, 0.25) is 0 Å². The Kier molecular flexibility index (Phi) is 2.96. The number of hydrogen-bond donors (Lipinski definition) is 1. The Bertz CT molecular complexity index is 329. The van der Waals surface area contributed by atoms with Crippen molar-refractivity contribution in [2.45, 2.75) is 56.5 Å². The monoisotopic (exact) mass is 215 g/mol. The van der Waals surface area contributed by atoms with Crippen LogP contribution in [0, 0.1) is 0 Å². The Morgan fingerprint density at radius 1 is 0.875 bits per heavy atom. The number of rotatable bonds is 3. The third-order valence-electron chi connectivity index (χ3n) is 4.02. The molecule has 2 atom stereocenters. The molecule has 16 heavy (non-hydrogen) atoms. The summed E-state index contributed by atoms with van der Waals surface area (Å²) in [6.45, 7) is 0. The SMILES string of the molecule is c1ccc([C@H]2CCCC[C@H]2NC2CC2)cc1. The average Bonchev–Trinajstić information content (AvgIpc) is 3.15. The molecule has 2 saturated carbocycles. The molecule has 0 heterocycles. The predicted molar refractivity (Wildman–Crippen MR) is 67.6 cm³/mol. The van der Waals surface area contributed by atoms with E-state index < -0.39 is 0 Å². The van der Waals surface area contributed by atoms with E-state index in [4.69, 9.17) is 0 Å². The van der Waals surface area contributed by atoms with E-state index in [-0.39, 0.29) is 0 Å². The zero-order valence-electron chi connectivity index (χ0n) is 9.86. The van der Waals surface area contributed by atoms with Crippen molar-refractivity contribution in [3.8, 4) is 0 Å². The van der Waals surface area contributed by atoms with E-state index in [0.29, 0.717) is 0 Å². The molecule has 0 spiro atoms. The van der Waals surface area contributed by atoms with Gasteiger partial charge in [0.05, 0.1) is 0 Å². The first kappa shape index (κ1) is 10.3. The van der Waals surface area contributed by atoms with Gasteiger partial charge in [-0.25, -0.2) is 0 Å². The molecule has 1 N–H and O–H groups in total. The lowest BCUT2D eigenvalue weighted by Gasteiger charge is -2.33. The molecule has 0 aliphatic heterocycles. The molecule has 0 radical (unpaired) electrons. The first-order valence-corrected chi connectivity index (χ1v) is 6.74. The Morgan fingerprint density at radius 3 is 2.38 bits per heavy atom. The lowest BCUT2D eigenvalue weighted by Crippen LogP contribution is -2.38. The van der Waals surface area contributed by atoms with Gasteiger partial charge in [0, 0.05) is 12.1 Å². The van der Waals surface area contributed by atoms with Crippen LogP contribution in [0.25, 0.3) is 0 Å². The van der Waals surface area contributed by atoms with Gasteiger partial charge in [0.1, 0.15) is 0 Å². The Balaban J connectivity index is 1.74. The number of nitrogens with one attached hydrogen (secondary N) is 1. The zero-order valence-corrected chi connectivity index (χ0v) is 9.86. The molecular formula is C15H21N. The predicted octanol–water partition coefficient (Wildman–Crippen LogP) is 3.46. The highest BCUT2D eigenvalue weighted by Gasteiger charge is 2.31. The zero-order chi connectivity index (χ0) is 10.8. The summed E-state index contributed by atoms with van der Waals surface area (Å²) in [4.78, 5) is 0. The molecule has 86 valence electrons. The lowest BCUT2D eigenvalue weighted by atomic mass is 9.80. The third-order valence-corrected chi connectivity index (χ3v) is 4.02. The summed E-state index contributed by atoms with van der Waals surface area (Å²) < 4.78 is 0. The van der Waals surface area contributed by atoms with Crippen molar-refractivity contribution in [1.82, 2.24) is 5.32 Å². The maximum Gasteiger partial charge on any atom is 0.0138 e. The standard InChI is InChI=1S/C15H21N/c1-2-6-12(7-3-1)14-8-4-5-9-15(14)16-13-10-11-13/h1-3,6-7,13-16H,4-5,8-11H2/t14-,15-/m1/s1. The molecule has 1 nitrogen and oxygen atoms in total. The molecule has 0 bridgehead atoms. The second kappa shape index (κ2) is 4.58. The minimum absolute atomic E-state index is 0.739. The van der Waals surface area contributed by atoms with E-state index in [0.717, 1.165) is 18.0 Å². The molecule has 0 saturated heterocycles. The summed E-state index contributed by atoms with van der Waals surface area (Å²) in [6, 6.07) is 12.7. The minimum atomic E-state index is 0.739. The molecule has 1 aromatic carbocycles. The summed E-state index contributed by atoms with van der Waals surface area (Å²) in [7, 11) is 0. The molecule has 0 aromatic heterocycles. The van der Waals surface area contributed by atoms with E-state index in [1.54, 1.807) is 5.56 Å². The number of benzene rings is 1. The van der Waals surface area contributed by atoms with Gasteiger partial charge in [0.15, 0.2) is 0 Å². The highest BCUT2D eigenvalue weighted by molar-refractivity contribution is 5.22. The molecule has 2 fully saturated rings. The highest BCUT2D eigenvalue weighted by atomic mass is 15.0. The van der Waals surface area contributed by atoms with Gasteiger partial charge in [-0.3, -0.25) is 0 Å². The normalized spacial score (nSPS) is 30.2. The fourth-order valence-electron chi connectivity index (χ4n) is 2.98. The smallest absolute Gasteiger partial charge is 0.0138 e. The van der Waals surface area contributed by atoms with Crippen LogP contribution in [-0.2, 0) is 0 Å². The van der Waals surface area contributed by atoms with Gasteiger partial charge < -0.3 is 5.32 Å². The molecule has 3 rings (SSSR count). The van der Waals surface area contributed by atoms with Gasteiger partial charge in [-0.1, -0.05) is 43.2 Å². The summed E-state index contributed by atoms with van der Waals surface area (Å²) in [6.07, 6.45) is 8.36. The lowest BCUT2D eigenvalue weighted by molar-refractivity contribution is 0.325. The number of hydrogen-bond acceptors (Lipinski definition) is 1. The van der Waals surface area contributed by atoms with Gasteiger partial charge >= 0.3 is 0 Å². The van der Waals surface area contributed by atoms with Crippen LogP contribution >= 0.6 is 0 Å². The summed E-state index contributed by atoms with van der Waals surface area (Å²) in [5.74, 6) is 0.760. The van der Waals surface area contributed by atoms with Crippen molar-refractivity contribution in [1.29, 1.82) is 0 Å². The molecule has 2 aliphatic carbocycles. The molecule has 1 aromatic rings. The van der Waals surface area contributed by atoms with E-state index in [1.165, 1.54) is 38.5 Å². The Hall–Kier alpha value is -0.820. The van der Waals surface area contributed by atoms with Crippen molar-refractivity contribution in [2.75, 3.05) is 0 Å².